The third-order valence-corrected chi connectivity index (χ3v) is 2.89. The van der Waals surface area contributed by atoms with Crippen molar-refractivity contribution in [3.05, 3.63) is 47.8 Å². The van der Waals surface area contributed by atoms with E-state index in [0.29, 0.717) is 17.0 Å². The number of ether oxygens (including phenoxy) is 1. The van der Waals surface area contributed by atoms with E-state index >= 15 is 0 Å². The number of carbonyl (C=O) groups excluding carboxylic acids is 1. The van der Waals surface area contributed by atoms with Gasteiger partial charge in [0.25, 0.3) is 5.91 Å². The van der Waals surface area contributed by atoms with Crippen LogP contribution in [0.4, 0.5) is 11.4 Å². The zero-order valence-electron chi connectivity index (χ0n) is 11.7. The predicted molar refractivity (Wildman–Crippen MR) is 79.4 cm³/mol. The highest BCUT2D eigenvalue weighted by molar-refractivity contribution is 6.05. The average Bonchev–Trinajstić information content (AvgIpc) is 2.54. The van der Waals surface area contributed by atoms with E-state index < -0.39 is 5.91 Å². The maximum atomic E-state index is 12.3. The molecule has 1 aromatic heterocycles. The molecule has 2 aromatic rings. The normalized spacial score (nSPS) is 9.57. The van der Waals surface area contributed by atoms with Gasteiger partial charge >= 0.3 is 0 Å². The highest BCUT2D eigenvalue weighted by Gasteiger charge is 2.14. The minimum atomic E-state index is -0.409. The van der Waals surface area contributed by atoms with Crippen molar-refractivity contribution < 1.29 is 9.53 Å². The van der Waals surface area contributed by atoms with Crippen molar-refractivity contribution in [1.29, 1.82) is 5.26 Å². The fraction of sp³-hybridized carbons (Fsp3) is 0.133. The summed E-state index contributed by atoms with van der Waals surface area (Å²) >= 11 is 0. The summed E-state index contributed by atoms with van der Waals surface area (Å²) in [6, 6.07) is 10.4. The molecule has 0 bridgehead atoms. The van der Waals surface area contributed by atoms with E-state index in [2.05, 4.69) is 15.6 Å². The summed E-state index contributed by atoms with van der Waals surface area (Å²) in [5.74, 6) is 0.0141. The highest BCUT2D eigenvalue weighted by Crippen LogP contribution is 2.28. The first-order valence-electron chi connectivity index (χ1n) is 6.22. The van der Waals surface area contributed by atoms with Crippen molar-refractivity contribution >= 4 is 17.3 Å². The number of benzene rings is 1. The van der Waals surface area contributed by atoms with Gasteiger partial charge in [0, 0.05) is 18.9 Å². The molecule has 0 unspecified atom stereocenters. The third-order valence-electron chi connectivity index (χ3n) is 2.89. The Morgan fingerprint density at radius 2 is 2.19 bits per heavy atom. The first-order valence-corrected chi connectivity index (χ1v) is 6.22. The topological polar surface area (TPSA) is 87.0 Å². The molecule has 0 saturated heterocycles. The molecule has 2 rings (SSSR count). The molecule has 0 spiro atoms. The molecule has 1 aromatic carbocycles. The van der Waals surface area contributed by atoms with Gasteiger partial charge in [-0.2, -0.15) is 5.26 Å². The molecule has 0 fully saturated rings. The number of para-hydroxylation sites is 1. The van der Waals surface area contributed by atoms with Crippen molar-refractivity contribution in [1.82, 2.24) is 4.98 Å². The van der Waals surface area contributed by atoms with Gasteiger partial charge < -0.3 is 15.4 Å². The van der Waals surface area contributed by atoms with Gasteiger partial charge in [0.15, 0.2) is 0 Å². The first kappa shape index (κ1) is 14.3. The maximum Gasteiger partial charge on any atom is 0.274 e. The number of nitrogens with zero attached hydrogens (tertiary/aromatic N) is 2. The lowest BCUT2D eigenvalue weighted by atomic mass is 10.1. The number of hydrogen-bond acceptors (Lipinski definition) is 5. The van der Waals surface area contributed by atoms with Crippen LogP contribution in [0, 0.1) is 11.3 Å². The van der Waals surface area contributed by atoms with Gasteiger partial charge in [-0.25, -0.2) is 0 Å². The number of anilines is 2. The number of hydrogen-bond donors (Lipinski definition) is 2. The van der Waals surface area contributed by atoms with Gasteiger partial charge in [-0.15, -0.1) is 0 Å². The van der Waals surface area contributed by atoms with Crippen molar-refractivity contribution in [3.8, 4) is 11.8 Å². The van der Waals surface area contributed by atoms with E-state index in [4.69, 9.17) is 10.00 Å². The Kier molecular flexibility index (Phi) is 4.36. The fourth-order valence-corrected chi connectivity index (χ4v) is 1.81. The Morgan fingerprint density at radius 3 is 2.86 bits per heavy atom. The molecular weight excluding hydrogens is 268 g/mol. The van der Waals surface area contributed by atoms with E-state index in [0.717, 1.165) is 5.69 Å². The molecule has 0 aliphatic rings. The van der Waals surface area contributed by atoms with Crippen LogP contribution in [-0.4, -0.2) is 25.0 Å². The summed E-state index contributed by atoms with van der Waals surface area (Å²) < 4.78 is 5.17. The van der Waals surface area contributed by atoms with Crippen molar-refractivity contribution in [2.75, 3.05) is 24.8 Å². The van der Waals surface area contributed by atoms with E-state index in [1.807, 2.05) is 6.07 Å². The number of pyridine rings is 1. The second-order valence-electron chi connectivity index (χ2n) is 4.13. The van der Waals surface area contributed by atoms with Crippen LogP contribution < -0.4 is 15.4 Å². The lowest BCUT2D eigenvalue weighted by molar-refractivity contribution is 0.102. The van der Waals surface area contributed by atoms with Crippen LogP contribution in [-0.2, 0) is 0 Å². The monoisotopic (exact) mass is 282 g/mol. The highest BCUT2D eigenvalue weighted by atomic mass is 16.5. The van der Waals surface area contributed by atoms with Gasteiger partial charge in [0.05, 0.1) is 12.7 Å². The molecule has 1 heterocycles. The van der Waals surface area contributed by atoms with Gasteiger partial charge in [0.1, 0.15) is 23.2 Å². The summed E-state index contributed by atoms with van der Waals surface area (Å²) in [6.07, 6.45) is 1.54. The molecule has 6 heteroatoms. The van der Waals surface area contributed by atoms with E-state index in [1.165, 1.54) is 13.3 Å². The molecule has 6 nitrogen and oxygen atoms in total. The lowest BCUT2D eigenvalue weighted by Crippen LogP contribution is -2.15. The van der Waals surface area contributed by atoms with E-state index in [1.54, 1.807) is 37.4 Å². The van der Waals surface area contributed by atoms with Crippen molar-refractivity contribution in [3.63, 3.8) is 0 Å². The minimum Gasteiger partial charge on any atom is -0.495 e. The standard InChI is InChI=1S/C15H14N4O2/c1-17-11-6-7-18-12(8-11)15(20)19-14-10(9-16)4-3-5-13(14)21-2/h3-8H,1-2H3,(H,17,18)(H,19,20). The van der Waals surface area contributed by atoms with Crippen molar-refractivity contribution in [2.24, 2.45) is 0 Å². The first-order chi connectivity index (χ1) is 10.2. The maximum absolute atomic E-state index is 12.3. The largest absolute Gasteiger partial charge is 0.495 e. The molecule has 0 aliphatic carbocycles. The van der Waals surface area contributed by atoms with Gasteiger partial charge in [-0.3, -0.25) is 9.78 Å². The number of carbonyl (C=O) groups is 1. The number of nitrogens with one attached hydrogen (secondary N) is 2. The zero-order valence-corrected chi connectivity index (χ0v) is 11.7. The molecule has 0 atom stereocenters. The fourth-order valence-electron chi connectivity index (χ4n) is 1.81. The quantitative estimate of drug-likeness (QED) is 0.898. The predicted octanol–water partition coefficient (Wildman–Crippen LogP) is 2.26. The molecule has 21 heavy (non-hydrogen) atoms. The average molecular weight is 282 g/mol. The van der Waals surface area contributed by atoms with Gasteiger partial charge in [-0.05, 0) is 24.3 Å². The summed E-state index contributed by atoms with van der Waals surface area (Å²) in [5, 5.41) is 14.7. The molecule has 106 valence electrons. The Hall–Kier alpha value is -3.07. The van der Waals surface area contributed by atoms with Crippen molar-refractivity contribution in [2.45, 2.75) is 0 Å². The number of methoxy groups -OCH3 is 1. The Bertz CT molecular complexity index is 707. The number of nitriles is 1. The minimum absolute atomic E-state index is 0.247. The lowest BCUT2D eigenvalue weighted by Gasteiger charge is -2.11. The number of rotatable bonds is 4. The van der Waals surface area contributed by atoms with Crippen LogP contribution in [0.1, 0.15) is 16.1 Å². The molecule has 1 amide bonds. The van der Waals surface area contributed by atoms with E-state index in [9.17, 15) is 4.79 Å². The summed E-state index contributed by atoms with van der Waals surface area (Å²) in [7, 11) is 3.23. The molecule has 0 aliphatic heterocycles. The Morgan fingerprint density at radius 1 is 1.38 bits per heavy atom. The van der Waals surface area contributed by atoms with Crippen LogP contribution in [0.15, 0.2) is 36.5 Å². The van der Waals surface area contributed by atoms with Gasteiger partial charge in [-0.1, -0.05) is 6.07 Å². The Labute approximate surface area is 122 Å². The van der Waals surface area contributed by atoms with Gasteiger partial charge in [0.2, 0.25) is 0 Å². The van der Waals surface area contributed by atoms with Crippen LogP contribution >= 0.6 is 0 Å². The van der Waals surface area contributed by atoms with Crippen LogP contribution in [0.2, 0.25) is 0 Å². The smallest absolute Gasteiger partial charge is 0.274 e. The van der Waals surface area contributed by atoms with E-state index in [-0.39, 0.29) is 5.69 Å². The van der Waals surface area contributed by atoms with Crippen LogP contribution in [0.25, 0.3) is 0 Å². The zero-order chi connectivity index (χ0) is 15.2. The van der Waals surface area contributed by atoms with Crippen LogP contribution in [0.3, 0.4) is 0 Å². The number of aromatic nitrogens is 1. The summed E-state index contributed by atoms with van der Waals surface area (Å²) in [6.45, 7) is 0. The molecule has 0 saturated carbocycles. The second-order valence-corrected chi connectivity index (χ2v) is 4.13. The molecule has 2 N–H and O–H groups in total. The summed E-state index contributed by atoms with van der Waals surface area (Å²) in [4.78, 5) is 16.3. The summed E-state index contributed by atoms with van der Waals surface area (Å²) in [5.41, 5.74) is 1.68. The van der Waals surface area contributed by atoms with Crippen LogP contribution in [0.5, 0.6) is 5.75 Å². The molecule has 0 radical (unpaired) electrons. The third kappa shape index (κ3) is 3.09. The molecular formula is C15H14N4O2. The Balaban J connectivity index is 2.33. The second kappa shape index (κ2) is 6.39. The SMILES string of the molecule is CNc1ccnc(C(=O)Nc2c(C#N)cccc2OC)c1. The number of amides is 1.